The molecule has 2 aromatic carbocycles. The van der Waals surface area contributed by atoms with Crippen molar-refractivity contribution in [1.29, 1.82) is 0 Å². The molecule has 0 fully saturated rings. The minimum absolute atomic E-state index is 0.130. The number of hydrogen-bond donors (Lipinski definition) is 3. The molecule has 2 aromatic rings. The lowest BCUT2D eigenvalue weighted by Crippen LogP contribution is -2.39. The third kappa shape index (κ3) is 7.73. The van der Waals surface area contributed by atoms with Crippen LogP contribution in [0.4, 0.5) is 4.39 Å². The van der Waals surface area contributed by atoms with E-state index in [1.54, 1.807) is 12.1 Å². The van der Waals surface area contributed by atoms with E-state index in [1.807, 2.05) is 37.3 Å². The third-order valence-corrected chi connectivity index (χ3v) is 4.59. The molecule has 0 aliphatic heterocycles. The van der Waals surface area contributed by atoms with E-state index < -0.39 is 5.91 Å². The molecule has 0 atom stereocenters. The first-order chi connectivity index (χ1) is 14.3. The first-order valence-electron chi connectivity index (χ1n) is 10.1. The Morgan fingerprint density at radius 3 is 2.53 bits per heavy atom. The zero-order valence-corrected chi connectivity index (χ0v) is 17.9. The van der Waals surface area contributed by atoms with Crippen LogP contribution >= 0.6 is 0 Å². The number of nitrogens with two attached hydrogens (primary N) is 1. The number of benzene rings is 2. The van der Waals surface area contributed by atoms with E-state index in [4.69, 9.17) is 10.5 Å². The maximum atomic E-state index is 13.6. The van der Waals surface area contributed by atoms with E-state index in [2.05, 4.69) is 29.5 Å². The average molecular weight is 415 g/mol. The molecule has 0 radical (unpaired) electrons. The quantitative estimate of drug-likeness (QED) is 0.412. The number of hydrogen-bond acceptors (Lipinski definition) is 3. The molecule has 0 aliphatic carbocycles. The Morgan fingerprint density at radius 1 is 1.17 bits per heavy atom. The van der Waals surface area contributed by atoms with Gasteiger partial charge in [-0.3, -0.25) is 9.79 Å². The van der Waals surface area contributed by atoms with Crippen LogP contribution in [0.15, 0.2) is 53.5 Å². The molecular formula is C23H31FN4O2. The molecule has 4 N–H and O–H groups in total. The van der Waals surface area contributed by atoms with Crippen LogP contribution in [-0.2, 0) is 16.6 Å². The summed E-state index contributed by atoms with van der Waals surface area (Å²) in [5, 5.41) is 6.57. The number of primary amides is 1. The van der Waals surface area contributed by atoms with Gasteiger partial charge < -0.3 is 21.1 Å². The summed E-state index contributed by atoms with van der Waals surface area (Å²) in [5.41, 5.74) is 6.83. The van der Waals surface area contributed by atoms with Crippen LogP contribution in [-0.4, -0.2) is 38.1 Å². The van der Waals surface area contributed by atoms with Crippen molar-refractivity contribution in [2.75, 3.05) is 26.2 Å². The molecule has 0 bridgehead atoms. The maximum absolute atomic E-state index is 13.6. The summed E-state index contributed by atoms with van der Waals surface area (Å²) in [6, 6.07) is 14.2. The number of aliphatic imine (C=N–C) groups is 1. The summed E-state index contributed by atoms with van der Waals surface area (Å²) in [4.78, 5) is 15.4. The van der Waals surface area contributed by atoms with Gasteiger partial charge in [-0.05, 0) is 48.7 Å². The van der Waals surface area contributed by atoms with Crippen molar-refractivity contribution in [3.8, 4) is 5.75 Å². The van der Waals surface area contributed by atoms with Gasteiger partial charge in [-0.1, -0.05) is 38.1 Å². The monoisotopic (exact) mass is 414 g/mol. The van der Waals surface area contributed by atoms with Crippen molar-refractivity contribution in [2.24, 2.45) is 10.7 Å². The number of guanidine groups is 1. The second-order valence-electron chi connectivity index (χ2n) is 7.67. The Hall–Kier alpha value is -3.09. The first kappa shape index (κ1) is 23.2. The van der Waals surface area contributed by atoms with Crippen LogP contribution in [0, 0.1) is 5.82 Å². The molecule has 1 amide bonds. The summed E-state index contributed by atoms with van der Waals surface area (Å²) < 4.78 is 18.8. The molecule has 0 saturated carbocycles. The zero-order chi connectivity index (χ0) is 22.0. The number of carbonyl (C=O) groups excluding carboxylic acids is 1. The van der Waals surface area contributed by atoms with Gasteiger partial charge in [0.15, 0.2) is 12.6 Å². The topological polar surface area (TPSA) is 88.7 Å². The number of amides is 1. The van der Waals surface area contributed by atoms with Crippen LogP contribution in [0.25, 0.3) is 0 Å². The van der Waals surface area contributed by atoms with Crippen molar-refractivity contribution in [2.45, 2.75) is 32.6 Å². The molecular weight excluding hydrogens is 383 g/mol. The van der Waals surface area contributed by atoms with Crippen LogP contribution in [0.1, 0.15) is 31.9 Å². The van der Waals surface area contributed by atoms with Crippen molar-refractivity contribution in [3.63, 3.8) is 0 Å². The zero-order valence-electron chi connectivity index (χ0n) is 17.9. The molecule has 0 aliphatic rings. The molecule has 2 rings (SSSR count). The normalized spacial score (nSPS) is 11.8. The van der Waals surface area contributed by atoms with Crippen LogP contribution in [0.5, 0.6) is 5.75 Å². The van der Waals surface area contributed by atoms with Gasteiger partial charge >= 0.3 is 0 Å². The SMILES string of the molecule is CCNC(=NCC(C)(C)c1cccc(F)c1)NCCc1ccc(OCC(N)=O)cc1. The largest absolute Gasteiger partial charge is 0.484 e. The highest BCUT2D eigenvalue weighted by atomic mass is 19.1. The highest BCUT2D eigenvalue weighted by Gasteiger charge is 2.21. The van der Waals surface area contributed by atoms with E-state index in [0.717, 1.165) is 30.1 Å². The van der Waals surface area contributed by atoms with Gasteiger partial charge in [-0.2, -0.15) is 0 Å². The standard InChI is InChI=1S/C23H31FN4O2/c1-4-26-22(28-16-23(2,3)18-6-5-7-19(24)14-18)27-13-12-17-8-10-20(11-9-17)30-15-21(25)29/h5-11,14H,4,12-13,15-16H2,1-3H3,(H2,25,29)(H2,26,27,28). The van der Waals surface area contributed by atoms with Gasteiger partial charge in [0.05, 0.1) is 6.54 Å². The Labute approximate surface area is 177 Å². The summed E-state index contributed by atoms with van der Waals surface area (Å²) in [6.45, 7) is 7.96. The molecule has 0 heterocycles. The number of ether oxygens (including phenoxy) is 1. The second-order valence-corrected chi connectivity index (χ2v) is 7.67. The number of carbonyl (C=O) groups is 1. The lowest BCUT2D eigenvalue weighted by molar-refractivity contribution is -0.119. The Morgan fingerprint density at radius 2 is 1.90 bits per heavy atom. The van der Waals surface area contributed by atoms with E-state index >= 15 is 0 Å². The molecule has 0 spiro atoms. The van der Waals surface area contributed by atoms with Gasteiger partial charge in [0.2, 0.25) is 0 Å². The molecule has 30 heavy (non-hydrogen) atoms. The van der Waals surface area contributed by atoms with Crippen LogP contribution < -0.4 is 21.1 Å². The van der Waals surface area contributed by atoms with Gasteiger partial charge in [-0.25, -0.2) is 4.39 Å². The minimum atomic E-state index is -0.501. The third-order valence-electron chi connectivity index (χ3n) is 4.59. The second kappa shape index (κ2) is 11.2. The van der Waals surface area contributed by atoms with Gasteiger partial charge in [-0.15, -0.1) is 0 Å². The van der Waals surface area contributed by atoms with Crippen molar-refractivity contribution < 1.29 is 13.9 Å². The van der Waals surface area contributed by atoms with E-state index in [1.165, 1.54) is 6.07 Å². The molecule has 162 valence electrons. The van der Waals surface area contributed by atoms with E-state index in [9.17, 15) is 9.18 Å². The van der Waals surface area contributed by atoms with Gasteiger partial charge in [0.1, 0.15) is 11.6 Å². The molecule has 0 aromatic heterocycles. The number of nitrogens with zero attached hydrogens (tertiary/aromatic N) is 1. The highest BCUT2D eigenvalue weighted by Crippen LogP contribution is 2.24. The molecule has 7 heteroatoms. The fourth-order valence-corrected chi connectivity index (χ4v) is 2.85. The lowest BCUT2D eigenvalue weighted by atomic mass is 9.85. The highest BCUT2D eigenvalue weighted by molar-refractivity contribution is 5.79. The Balaban J connectivity index is 1.89. The summed E-state index contributed by atoms with van der Waals surface area (Å²) >= 11 is 0. The fourth-order valence-electron chi connectivity index (χ4n) is 2.85. The smallest absolute Gasteiger partial charge is 0.255 e. The molecule has 0 saturated heterocycles. The van der Waals surface area contributed by atoms with E-state index in [0.29, 0.717) is 18.8 Å². The van der Waals surface area contributed by atoms with Gasteiger partial charge in [0, 0.05) is 18.5 Å². The molecule has 6 nitrogen and oxygen atoms in total. The number of rotatable bonds is 10. The fraction of sp³-hybridized carbons (Fsp3) is 0.391. The van der Waals surface area contributed by atoms with Crippen molar-refractivity contribution in [1.82, 2.24) is 10.6 Å². The Kier molecular flexibility index (Phi) is 8.65. The van der Waals surface area contributed by atoms with Crippen LogP contribution in [0.3, 0.4) is 0 Å². The predicted molar refractivity (Wildman–Crippen MR) is 118 cm³/mol. The predicted octanol–water partition coefficient (Wildman–Crippen LogP) is 2.77. The van der Waals surface area contributed by atoms with Crippen molar-refractivity contribution >= 4 is 11.9 Å². The summed E-state index contributed by atoms with van der Waals surface area (Å²) in [5.74, 6) is 0.600. The number of halogens is 1. The van der Waals surface area contributed by atoms with E-state index in [-0.39, 0.29) is 17.8 Å². The molecule has 0 unspecified atom stereocenters. The Bertz CT molecular complexity index is 851. The minimum Gasteiger partial charge on any atom is -0.484 e. The number of nitrogens with one attached hydrogen (secondary N) is 2. The van der Waals surface area contributed by atoms with Crippen LogP contribution in [0.2, 0.25) is 0 Å². The van der Waals surface area contributed by atoms with Gasteiger partial charge in [0.25, 0.3) is 5.91 Å². The summed E-state index contributed by atoms with van der Waals surface area (Å²) in [7, 11) is 0. The first-order valence-corrected chi connectivity index (χ1v) is 10.1. The maximum Gasteiger partial charge on any atom is 0.255 e. The average Bonchev–Trinajstić information content (AvgIpc) is 2.71. The summed E-state index contributed by atoms with van der Waals surface area (Å²) in [6.07, 6.45) is 0.799. The lowest BCUT2D eigenvalue weighted by Gasteiger charge is -2.24. The van der Waals surface area contributed by atoms with Crippen molar-refractivity contribution in [3.05, 3.63) is 65.5 Å².